The first-order chi connectivity index (χ1) is 13.4. The lowest BCUT2D eigenvalue weighted by molar-refractivity contribution is 0.0857. The van der Waals surface area contributed by atoms with Crippen molar-refractivity contribution in [3.05, 3.63) is 59.0 Å². The molecule has 0 radical (unpaired) electrons. The van der Waals surface area contributed by atoms with E-state index in [1.54, 1.807) is 24.3 Å². The van der Waals surface area contributed by atoms with Crippen molar-refractivity contribution in [1.82, 2.24) is 14.3 Å². The Balaban J connectivity index is 1.75. The molecule has 1 aromatic heterocycles. The number of aliphatic hydroxyl groups is 2. The Hall–Kier alpha value is -2.66. The van der Waals surface area contributed by atoms with Crippen LogP contribution in [-0.2, 0) is 10.0 Å². The highest BCUT2D eigenvalue weighted by molar-refractivity contribution is 7.89. The Bertz CT molecular complexity index is 1080. The maximum atomic E-state index is 12.9. The molecule has 0 amide bonds. The Morgan fingerprint density at radius 3 is 2.50 bits per heavy atom. The van der Waals surface area contributed by atoms with E-state index < -0.39 is 28.4 Å². The molecule has 3 aromatic rings. The van der Waals surface area contributed by atoms with Crippen molar-refractivity contribution < 1.29 is 23.4 Å². The molecular formula is C18H21N3O6S. The maximum Gasteiger partial charge on any atom is 0.323 e. The molecule has 0 bridgehead atoms. The van der Waals surface area contributed by atoms with Crippen LogP contribution in [0.15, 0.2) is 58.2 Å². The fraction of sp³-hybridized carbons (Fsp3) is 0.278. The van der Waals surface area contributed by atoms with E-state index in [1.807, 2.05) is 6.07 Å². The molecule has 0 fully saturated rings. The number of fused-ring (bicyclic) bond motifs is 1. The van der Waals surface area contributed by atoms with Crippen molar-refractivity contribution in [3.8, 4) is 5.75 Å². The highest BCUT2D eigenvalue weighted by Gasteiger charge is 2.27. The van der Waals surface area contributed by atoms with Gasteiger partial charge in [-0.05, 0) is 30.3 Å². The van der Waals surface area contributed by atoms with Gasteiger partial charge < -0.3 is 24.9 Å². The normalized spacial score (nSPS) is 13.1. The summed E-state index contributed by atoms with van der Waals surface area (Å²) in [6.07, 6.45) is -1.10. The van der Waals surface area contributed by atoms with Crippen LogP contribution < -0.4 is 10.4 Å². The van der Waals surface area contributed by atoms with Crippen LogP contribution in [0.4, 0.5) is 0 Å². The minimum absolute atomic E-state index is 0.0557. The minimum atomic E-state index is -4.00. The van der Waals surface area contributed by atoms with Gasteiger partial charge in [-0.25, -0.2) is 13.2 Å². The number of ether oxygens (including phenoxy) is 1. The topological polar surface area (TPSA) is 136 Å². The third-order valence-electron chi connectivity index (χ3n) is 4.07. The summed E-state index contributed by atoms with van der Waals surface area (Å²) in [7, 11) is -4.00. The lowest BCUT2D eigenvalue weighted by Crippen LogP contribution is -2.41. The minimum Gasteiger partial charge on any atom is -0.491 e. The Morgan fingerprint density at radius 2 is 1.79 bits per heavy atom. The molecule has 28 heavy (non-hydrogen) atoms. The van der Waals surface area contributed by atoms with E-state index in [4.69, 9.17) is 4.74 Å². The third kappa shape index (κ3) is 4.60. The first-order valence-corrected chi connectivity index (χ1v) is 10.0. The molecule has 1 atom stereocenters. The molecule has 0 unspecified atom stereocenters. The van der Waals surface area contributed by atoms with Gasteiger partial charge in [-0.15, -0.1) is 0 Å². The summed E-state index contributed by atoms with van der Waals surface area (Å²) in [5.74, 6) is 0.556. The largest absolute Gasteiger partial charge is 0.491 e. The molecule has 0 spiro atoms. The lowest BCUT2D eigenvalue weighted by Gasteiger charge is -2.24. The summed E-state index contributed by atoms with van der Waals surface area (Å²) in [6.45, 7) is -0.954. The molecule has 0 aliphatic carbocycles. The number of aliphatic hydroxyl groups excluding tert-OH is 2. The number of benzene rings is 2. The van der Waals surface area contributed by atoms with Crippen molar-refractivity contribution in [2.45, 2.75) is 11.0 Å². The number of hydrogen-bond acceptors (Lipinski definition) is 6. The van der Waals surface area contributed by atoms with Crippen molar-refractivity contribution in [2.24, 2.45) is 0 Å². The SMILES string of the molecule is O=c1[nH]c2ccc(S(=O)(=O)N(CCO)C[C@H](O)COc3ccccc3)cc2[nH]1. The molecular weight excluding hydrogens is 386 g/mol. The molecule has 1 heterocycles. The standard InChI is InChI=1S/C18H21N3O6S/c22-9-8-21(11-13(23)12-27-14-4-2-1-3-5-14)28(25,26)15-6-7-16-17(10-15)20-18(24)19-16/h1-7,10,13,22-23H,8-9,11-12H2,(H2,19,20,24)/t13-/m0/s1. The summed E-state index contributed by atoms with van der Waals surface area (Å²) in [5.41, 5.74) is 0.391. The summed E-state index contributed by atoms with van der Waals surface area (Å²) in [6, 6.07) is 13.0. The number of nitrogens with zero attached hydrogens (tertiary/aromatic N) is 1. The summed E-state index contributed by atoms with van der Waals surface area (Å²) >= 11 is 0. The second-order valence-electron chi connectivity index (χ2n) is 6.15. The smallest absolute Gasteiger partial charge is 0.323 e. The molecule has 0 saturated heterocycles. The van der Waals surface area contributed by atoms with Gasteiger partial charge in [0.05, 0.1) is 22.5 Å². The molecule has 9 nitrogen and oxygen atoms in total. The second-order valence-corrected chi connectivity index (χ2v) is 8.09. The second kappa shape index (κ2) is 8.57. The third-order valence-corrected chi connectivity index (χ3v) is 5.94. The van der Waals surface area contributed by atoms with E-state index in [2.05, 4.69) is 9.97 Å². The Labute approximate surface area is 161 Å². The van der Waals surface area contributed by atoms with Crippen LogP contribution in [0.5, 0.6) is 5.75 Å². The zero-order chi connectivity index (χ0) is 20.1. The molecule has 2 aromatic carbocycles. The van der Waals surface area contributed by atoms with Crippen LogP contribution in [0.1, 0.15) is 0 Å². The Morgan fingerprint density at radius 1 is 1.07 bits per heavy atom. The number of para-hydroxylation sites is 1. The van der Waals surface area contributed by atoms with Crippen LogP contribution in [0.2, 0.25) is 0 Å². The monoisotopic (exact) mass is 407 g/mol. The summed E-state index contributed by atoms with van der Waals surface area (Å²) in [4.78, 5) is 16.4. The van der Waals surface area contributed by atoms with E-state index in [1.165, 1.54) is 18.2 Å². The van der Waals surface area contributed by atoms with Crippen molar-refractivity contribution in [1.29, 1.82) is 0 Å². The first kappa shape index (κ1) is 20.1. The van der Waals surface area contributed by atoms with Gasteiger partial charge in [0.1, 0.15) is 18.5 Å². The molecule has 4 N–H and O–H groups in total. The molecule has 10 heteroatoms. The molecule has 0 aliphatic heterocycles. The van der Waals surface area contributed by atoms with E-state index in [0.29, 0.717) is 16.8 Å². The van der Waals surface area contributed by atoms with E-state index in [9.17, 15) is 23.4 Å². The van der Waals surface area contributed by atoms with Crippen LogP contribution >= 0.6 is 0 Å². The molecule has 150 valence electrons. The van der Waals surface area contributed by atoms with Crippen molar-refractivity contribution in [3.63, 3.8) is 0 Å². The van der Waals surface area contributed by atoms with Crippen LogP contribution in [0, 0.1) is 0 Å². The number of imidazole rings is 1. The average Bonchev–Trinajstić information content (AvgIpc) is 3.06. The van der Waals surface area contributed by atoms with Gasteiger partial charge in [-0.3, -0.25) is 0 Å². The van der Waals surface area contributed by atoms with Gasteiger partial charge >= 0.3 is 5.69 Å². The number of sulfonamides is 1. The van der Waals surface area contributed by atoms with Gasteiger partial charge in [0.2, 0.25) is 10.0 Å². The number of H-pyrrole nitrogens is 2. The lowest BCUT2D eigenvalue weighted by atomic mass is 10.3. The highest BCUT2D eigenvalue weighted by Crippen LogP contribution is 2.20. The van der Waals surface area contributed by atoms with Crippen molar-refractivity contribution in [2.75, 3.05) is 26.3 Å². The van der Waals surface area contributed by atoms with E-state index >= 15 is 0 Å². The number of rotatable bonds is 9. The first-order valence-electron chi connectivity index (χ1n) is 8.59. The number of hydrogen-bond donors (Lipinski definition) is 4. The predicted octanol–water partition coefficient (Wildman–Crippen LogP) is 0.279. The molecule has 0 saturated carbocycles. The van der Waals surface area contributed by atoms with Gasteiger partial charge in [0.15, 0.2) is 0 Å². The Kier molecular flexibility index (Phi) is 6.15. The van der Waals surface area contributed by atoms with Crippen LogP contribution in [-0.4, -0.2) is 65.3 Å². The maximum absolute atomic E-state index is 12.9. The number of aromatic amines is 2. The molecule has 0 aliphatic rings. The van der Waals surface area contributed by atoms with Gasteiger partial charge in [0, 0.05) is 13.1 Å². The highest BCUT2D eigenvalue weighted by atomic mass is 32.2. The fourth-order valence-electron chi connectivity index (χ4n) is 2.74. The zero-order valence-electron chi connectivity index (χ0n) is 14.9. The fourth-order valence-corrected chi connectivity index (χ4v) is 4.23. The summed E-state index contributed by atoms with van der Waals surface area (Å²) in [5, 5.41) is 19.5. The van der Waals surface area contributed by atoms with Gasteiger partial charge in [-0.2, -0.15) is 4.31 Å². The predicted molar refractivity (Wildman–Crippen MR) is 103 cm³/mol. The van der Waals surface area contributed by atoms with Crippen molar-refractivity contribution >= 4 is 21.1 Å². The van der Waals surface area contributed by atoms with E-state index in [-0.39, 0.29) is 24.6 Å². The van der Waals surface area contributed by atoms with Gasteiger partial charge in [-0.1, -0.05) is 18.2 Å². The average molecular weight is 407 g/mol. The van der Waals surface area contributed by atoms with E-state index in [0.717, 1.165) is 4.31 Å². The number of nitrogens with one attached hydrogen (secondary N) is 2. The van der Waals surface area contributed by atoms with Crippen LogP contribution in [0.3, 0.4) is 0 Å². The number of aromatic nitrogens is 2. The van der Waals surface area contributed by atoms with Gasteiger partial charge in [0.25, 0.3) is 0 Å². The quantitative estimate of drug-likeness (QED) is 0.402. The molecule has 3 rings (SSSR count). The summed E-state index contributed by atoms with van der Waals surface area (Å²) < 4.78 is 32.3. The zero-order valence-corrected chi connectivity index (χ0v) is 15.7. The van der Waals surface area contributed by atoms with Crippen LogP contribution in [0.25, 0.3) is 11.0 Å².